The number of hydrogen-bond acceptors (Lipinski definition) is 4. The van der Waals surface area contributed by atoms with Gasteiger partial charge < -0.3 is 5.32 Å². The monoisotopic (exact) mass is 438 g/mol. The molecule has 1 aliphatic heterocycles. The molecule has 2 aromatic carbocycles. The molecule has 0 radical (unpaired) electrons. The van der Waals surface area contributed by atoms with Gasteiger partial charge in [-0.05, 0) is 49.6 Å². The van der Waals surface area contributed by atoms with Crippen LogP contribution < -0.4 is 5.32 Å². The molecule has 4 rings (SSSR count). The zero-order valence-corrected chi connectivity index (χ0v) is 18.3. The van der Waals surface area contributed by atoms with Gasteiger partial charge in [-0.25, -0.2) is 13.1 Å². The minimum atomic E-state index is -3.51. The van der Waals surface area contributed by atoms with E-state index in [0.29, 0.717) is 31.0 Å². The maximum absolute atomic E-state index is 12.8. The van der Waals surface area contributed by atoms with E-state index in [1.807, 2.05) is 43.3 Å². The highest BCUT2D eigenvalue weighted by molar-refractivity contribution is 7.89. The third-order valence-corrected chi connectivity index (χ3v) is 7.30. The zero-order valence-electron chi connectivity index (χ0n) is 17.5. The number of nitrogens with zero attached hydrogens (tertiary/aromatic N) is 3. The normalized spacial score (nSPS) is 15.0. The van der Waals surface area contributed by atoms with Crippen LogP contribution in [0.1, 0.15) is 40.9 Å². The van der Waals surface area contributed by atoms with Crippen molar-refractivity contribution in [2.75, 3.05) is 18.4 Å². The van der Waals surface area contributed by atoms with Crippen LogP contribution in [0, 0.1) is 6.92 Å². The number of hydrogen-bond donors (Lipinski definition) is 1. The molecule has 1 aromatic heterocycles. The fourth-order valence-electron chi connectivity index (χ4n) is 3.74. The van der Waals surface area contributed by atoms with E-state index in [-0.39, 0.29) is 10.8 Å². The van der Waals surface area contributed by atoms with Crippen LogP contribution in [0.4, 0.5) is 5.82 Å². The Labute approximate surface area is 182 Å². The number of aryl methyl sites for hydroxylation is 1. The fourth-order valence-corrected chi connectivity index (χ4v) is 5.26. The summed E-state index contributed by atoms with van der Waals surface area (Å²) in [6.45, 7) is 3.51. The van der Waals surface area contributed by atoms with Crippen molar-refractivity contribution >= 4 is 21.7 Å². The van der Waals surface area contributed by atoms with E-state index in [9.17, 15) is 13.2 Å². The highest BCUT2D eigenvalue weighted by atomic mass is 32.2. The van der Waals surface area contributed by atoms with Gasteiger partial charge in [-0.1, -0.05) is 36.8 Å². The van der Waals surface area contributed by atoms with Crippen molar-refractivity contribution in [3.8, 4) is 0 Å². The number of sulfonamides is 1. The van der Waals surface area contributed by atoms with Crippen molar-refractivity contribution in [2.45, 2.75) is 37.6 Å². The molecule has 1 fully saturated rings. The molecule has 0 aliphatic carbocycles. The lowest BCUT2D eigenvalue weighted by molar-refractivity contribution is 0.102. The number of piperidine rings is 1. The molecule has 7 nitrogen and oxygen atoms in total. The maximum Gasteiger partial charge on any atom is 0.256 e. The summed E-state index contributed by atoms with van der Waals surface area (Å²) in [4.78, 5) is 13.0. The van der Waals surface area contributed by atoms with Crippen LogP contribution in [0.5, 0.6) is 0 Å². The largest absolute Gasteiger partial charge is 0.307 e. The Kier molecular flexibility index (Phi) is 6.20. The van der Waals surface area contributed by atoms with Gasteiger partial charge in [-0.2, -0.15) is 9.40 Å². The average Bonchev–Trinajstić information content (AvgIpc) is 3.13. The smallest absolute Gasteiger partial charge is 0.256 e. The molecule has 0 atom stereocenters. The van der Waals surface area contributed by atoms with E-state index >= 15 is 0 Å². The molecule has 1 amide bonds. The predicted octanol–water partition coefficient (Wildman–Crippen LogP) is 3.67. The SMILES string of the molecule is Cc1cc(NC(=O)c2ccc(S(=O)(=O)N3CCCCC3)cc2)n(Cc2ccccc2)n1. The van der Waals surface area contributed by atoms with Gasteiger partial charge in [0.25, 0.3) is 5.91 Å². The second-order valence-electron chi connectivity index (χ2n) is 7.76. The summed E-state index contributed by atoms with van der Waals surface area (Å²) < 4.78 is 28.9. The van der Waals surface area contributed by atoms with E-state index < -0.39 is 10.0 Å². The summed E-state index contributed by atoms with van der Waals surface area (Å²) in [6, 6.07) is 17.8. The van der Waals surface area contributed by atoms with Crippen molar-refractivity contribution in [3.63, 3.8) is 0 Å². The average molecular weight is 439 g/mol. The number of nitrogens with one attached hydrogen (secondary N) is 1. The molecule has 1 aliphatic rings. The van der Waals surface area contributed by atoms with Crippen molar-refractivity contribution in [1.82, 2.24) is 14.1 Å². The van der Waals surface area contributed by atoms with Crippen LogP contribution in [-0.4, -0.2) is 41.5 Å². The summed E-state index contributed by atoms with van der Waals surface area (Å²) in [5.74, 6) is 0.285. The van der Waals surface area contributed by atoms with Crippen LogP contribution in [0.15, 0.2) is 65.6 Å². The Balaban J connectivity index is 1.48. The number of carbonyl (C=O) groups excluding carboxylic acids is 1. The molecule has 0 saturated carbocycles. The van der Waals surface area contributed by atoms with Crippen molar-refractivity contribution < 1.29 is 13.2 Å². The molecule has 0 spiro atoms. The summed E-state index contributed by atoms with van der Waals surface area (Å²) in [6.07, 6.45) is 2.83. The molecule has 31 heavy (non-hydrogen) atoms. The van der Waals surface area contributed by atoms with Gasteiger partial charge in [0.1, 0.15) is 5.82 Å². The Morgan fingerprint density at radius 3 is 2.35 bits per heavy atom. The summed E-state index contributed by atoms with van der Waals surface area (Å²) in [5.41, 5.74) is 2.27. The first-order valence-electron chi connectivity index (χ1n) is 10.4. The van der Waals surface area contributed by atoms with E-state index in [2.05, 4.69) is 10.4 Å². The van der Waals surface area contributed by atoms with E-state index in [1.165, 1.54) is 16.4 Å². The highest BCUT2D eigenvalue weighted by Crippen LogP contribution is 2.21. The van der Waals surface area contributed by atoms with Gasteiger partial charge in [0.2, 0.25) is 10.0 Å². The topological polar surface area (TPSA) is 84.3 Å². The molecule has 1 saturated heterocycles. The lowest BCUT2D eigenvalue weighted by atomic mass is 10.2. The van der Waals surface area contributed by atoms with Crippen LogP contribution in [0.3, 0.4) is 0 Å². The summed E-state index contributed by atoms with van der Waals surface area (Å²) >= 11 is 0. The molecule has 0 bridgehead atoms. The van der Waals surface area contributed by atoms with E-state index in [0.717, 1.165) is 30.5 Å². The van der Waals surface area contributed by atoms with Gasteiger partial charge in [0.05, 0.1) is 17.1 Å². The molecule has 1 N–H and O–H groups in total. The minimum Gasteiger partial charge on any atom is -0.307 e. The number of anilines is 1. The zero-order chi connectivity index (χ0) is 21.8. The fraction of sp³-hybridized carbons (Fsp3) is 0.304. The Morgan fingerprint density at radius 2 is 1.68 bits per heavy atom. The van der Waals surface area contributed by atoms with Gasteiger partial charge in [0.15, 0.2) is 0 Å². The van der Waals surface area contributed by atoms with Crippen molar-refractivity contribution in [3.05, 3.63) is 77.5 Å². The van der Waals surface area contributed by atoms with Crippen molar-refractivity contribution in [2.24, 2.45) is 0 Å². The van der Waals surface area contributed by atoms with Gasteiger partial charge in [-0.15, -0.1) is 0 Å². The maximum atomic E-state index is 12.8. The van der Waals surface area contributed by atoms with Gasteiger partial charge in [-0.3, -0.25) is 4.79 Å². The second-order valence-corrected chi connectivity index (χ2v) is 9.70. The van der Waals surface area contributed by atoms with E-state index in [4.69, 9.17) is 0 Å². The first-order chi connectivity index (χ1) is 14.9. The van der Waals surface area contributed by atoms with Crippen LogP contribution in [0.2, 0.25) is 0 Å². The summed E-state index contributed by atoms with van der Waals surface area (Å²) in [7, 11) is -3.51. The molecule has 8 heteroatoms. The second kappa shape index (κ2) is 9.03. The molecule has 2 heterocycles. The molecule has 162 valence electrons. The molecule has 0 unspecified atom stereocenters. The molecule has 3 aromatic rings. The minimum absolute atomic E-state index is 0.218. The highest BCUT2D eigenvalue weighted by Gasteiger charge is 2.26. The van der Waals surface area contributed by atoms with Crippen molar-refractivity contribution in [1.29, 1.82) is 0 Å². The van der Waals surface area contributed by atoms with Gasteiger partial charge >= 0.3 is 0 Å². The van der Waals surface area contributed by atoms with Crippen LogP contribution in [0.25, 0.3) is 0 Å². The number of benzene rings is 2. The first kappa shape index (κ1) is 21.3. The third kappa shape index (κ3) is 4.86. The first-order valence-corrected chi connectivity index (χ1v) is 11.9. The Bertz CT molecular complexity index is 1150. The molecular weight excluding hydrogens is 412 g/mol. The third-order valence-electron chi connectivity index (χ3n) is 5.39. The Morgan fingerprint density at radius 1 is 1.00 bits per heavy atom. The van der Waals surface area contributed by atoms with Crippen LogP contribution >= 0.6 is 0 Å². The lowest BCUT2D eigenvalue weighted by Crippen LogP contribution is -2.35. The number of amides is 1. The standard InChI is InChI=1S/C23H26N4O3S/c1-18-16-22(27(25-18)17-19-8-4-2-5-9-19)24-23(28)20-10-12-21(13-11-20)31(29,30)26-14-6-3-7-15-26/h2,4-5,8-13,16H,3,6-7,14-15,17H2,1H3,(H,24,28). The number of aromatic nitrogens is 2. The lowest BCUT2D eigenvalue weighted by Gasteiger charge is -2.25. The number of carbonyl (C=O) groups is 1. The number of rotatable bonds is 6. The Hall–Kier alpha value is -2.97. The van der Waals surface area contributed by atoms with Crippen LogP contribution in [-0.2, 0) is 16.6 Å². The summed E-state index contributed by atoms with van der Waals surface area (Å²) in [5, 5.41) is 7.36. The quantitative estimate of drug-likeness (QED) is 0.636. The van der Waals surface area contributed by atoms with Gasteiger partial charge in [0, 0.05) is 24.7 Å². The molecular formula is C23H26N4O3S. The predicted molar refractivity (Wildman–Crippen MR) is 120 cm³/mol. The van der Waals surface area contributed by atoms with E-state index in [1.54, 1.807) is 16.8 Å².